The average molecular weight is 788 g/mol. The molecule has 0 amide bonds. The summed E-state index contributed by atoms with van der Waals surface area (Å²) in [6.07, 6.45) is 0. The summed E-state index contributed by atoms with van der Waals surface area (Å²) in [7, 11) is 0. The maximum absolute atomic E-state index is 6.43. The first-order chi connectivity index (χ1) is 29.5. The van der Waals surface area contributed by atoms with Crippen LogP contribution in [0, 0.1) is 0 Å². The number of benzene rings is 8. The molecule has 1 aliphatic heterocycles. The minimum atomic E-state index is -0.443. The summed E-state index contributed by atoms with van der Waals surface area (Å²) in [5.74, 6) is 1.79. The highest BCUT2D eigenvalue weighted by Crippen LogP contribution is 2.61. The Labute approximate surface area is 352 Å². The minimum Gasteiger partial charge on any atom is -0.455 e. The van der Waals surface area contributed by atoms with Crippen molar-refractivity contribution in [1.29, 1.82) is 0 Å². The Morgan fingerprint density at radius 2 is 0.933 bits per heavy atom. The van der Waals surface area contributed by atoms with Gasteiger partial charge in [-0.3, -0.25) is 0 Å². The van der Waals surface area contributed by atoms with Gasteiger partial charge in [0.25, 0.3) is 0 Å². The van der Waals surface area contributed by atoms with E-state index in [1.807, 2.05) is 72.4 Å². The Balaban J connectivity index is 0.981. The normalized spacial score (nSPS) is 14.4. The number of aromatic nitrogens is 3. The number of nitrogens with zero attached hydrogens (tertiary/aromatic N) is 3. The molecule has 1 aliphatic carbocycles. The van der Waals surface area contributed by atoms with E-state index in [9.17, 15) is 0 Å². The monoisotopic (exact) mass is 787 g/mol. The van der Waals surface area contributed by atoms with Gasteiger partial charge in [0.05, 0.1) is 11.0 Å². The predicted octanol–water partition coefficient (Wildman–Crippen LogP) is 13.9. The van der Waals surface area contributed by atoms with Crippen molar-refractivity contribution in [2.45, 2.75) is 34.5 Å². The molecule has 5 heteroatoms. The molecule has 10 aromatic rings. The zero-order valence-corrected chi connectivity index (χ0v) is 33.9. The molecule has 0 saturated heterocycles. The van der Waals surface area contributed by atoms with E-state index in [0.29, 0.717) is 17.5 Å². The second-order valence-electron chi connectivity index (χ2n) is 16.3. The first kappa shape index (κ1) is 34.9. The Morgan fingerprint density at radius 1 is 0.400 bits per heavy atom. The van der Waals surface area contributed by atoms with Crippen molar-refractivity contribution in [2.75, 3.05) is 0 Å². The van der Waals surface area contributed by atoms with Crippen molar-refractivity contribution in [3.63, 3.8) is 0 Å². The molecule has 4 nitrogen and oxygen atoms in total. The van der Waals surface area contributed by atoms with E-state index >= 15 is 0 Å². The summed E-state index contributed by atoms with van der Waals surface area (Å²) >= 11 is 1.87. The molecule has 3 heterocycles. The third kappa shape index (κ3) is 5.09. The smallest absolute Gasteiger partial charge is 0.167 e. The molecule has 0 atom stereocenters. The van der Waals surface area contributed by atoms with Crippen LogP contribution in [-0.2, 0) is 10.8 Å². The maximum Gasteiger partial charge on any atom is 0.167 e. The lowest BCUT2D eigenvalue weighted by molar-refractivity contribution is 0.549. The van der Waals surface area contributed by atoms with Crippen molar-refractivity contribution in [3.05, 3.63) is 221 Å². The molecule has 0 saturated carbocycles. The Bertz CT molecular complexity index is 3280. The van der Waals surface area contributed by atoms with Crippen LogP contribution < -0.4 is 0 Å². The Morgan fingerprint density at radius 3 is 1.67 bits per heavy atom. The Kier molecular flexibility index (Phi) is 7.69. The summed E-state index contributed by atoms with van der Waals surface area (Å²) in [6, 6.07) is 67.3. The standard InChI is InChI=1S/C55H37N3OS/c1-54(2)41-20-7-9-22-43(41)55(44-23-10-8-21-42(44)54)45-24-11-13-26-48(45)60-49-33-37(31-32-46(49)55)34-27-29-36(30-28-34)52-56-51(35-15-4-3-5-16-35)57-53(58-52)40-19-14-18-39-38-17-6-12-25-47(38)59-50(39)40/h3-33H,1-2H3. The van der Waals surface area contributed by atoms with E-state index in [0.717, 1.165) is 49.8 Å². The van der Waals surface area contributed by atoms with Crippen LogP contribution in [0.5, 0.6) is 0 Å². The molecule has 0 radical (unpaired) electrons. The number of para-hydroxylation sites is 2. The van der Waals surface area contributed by atoms with Crippen LogP contribution in [0.1, 0.15) is 47.2 Å². The lowest BCUT2D eigenvalue weighted by Gasteiger charge is -2.50. The topological polar surface area (TPSA) is 51.8 Å². The maximum atomic E-state index is 6.43. The average Bonchev–Trinajstić information content (AvgIpc) is 3.70. The van der Waals surface area contributed by atoms with Crippen molar-refractivity contribution < 1.29 is 4.42 Å². The quantitative estimate of drug-likeness (QED) is 0.178. The molecule has 284 valence electrons. The van der Waals surface area contributed by atoms with Crippen LogP contribution in [0.3, 0.4) is 0 Å². The van der Waals surface area contributed by atoms with Crippen LogP contribution >= 0.6 is 11.8 Å². The lowest BCUT2D eigenvalue weighted by Crippen LogP contribution is -2.43. The highest BCUT2D eigenvalue weighted by atomic mass is 32.2. The molecule has 12 rings (SSSR count). The van der Waals surface area contributed by atoms with Crippen LogP contribution in [0.25, 0.3) is 67.2 Å². The molecule has 0 fully saturated rings. The number of hydrogen-bond donors (Lipinski definition) is 0. The van der Waals surface area contributed by atoms with E-state index in [1.54, 1.807) is 0 Å². The van der Waals surface area contributed by atoms with Gasteiger partial charge < -0.3 is 4.42 Å². The molecule has 60 heavy (non-hydrogen) atoms. The molecule has 8 aromatic carbocycles. The van der Waals surface area contributed by atoms with Gasteiger partial charge in [0, 0.05) is 37.1 Å². The highest BCUT2D eigenvalue weighted by molar-refractivity contribution is 7.99. The van der Waals surface area contributed by atoms with Gasteiger partial charge >= 0.3 is 0 Å². The summed E-state index contributed by atoms with van der Waals surface area (Å²) in [4.78, 5) is 17.7. The number of fused-ring (bicyclic) bond motifs is 11. The van der Waals surface area contributed by atoms with Gasteiger partial charge in [0.15, 0.2) is 17.5 Å². The second kappa shape index (κ2) is 13.2. The molecule has 2 aromatic heterocycles. The fourth-order valence-electron chi connectivity index (χ4n) is 9.88. The van der Waals surface area contributed by atoms with Gasteiger partial charge in [-0.05, 0) is 68.8 Å². The van der Waals surface area contributed by atoms with Gasteiger partial charge in [-0.2, -0.15) is 0 Å². The molecule has 2 aliphatic rings. The van der Waals surface area contributed by atoms with E-state index in [-0.39, 0.29) is 5.41 Å². The third-order valence-corrected chi connectivity index (χ3v) is 13.8. The first-order valence-corrected chi connectivity index (χ1v) is 21.2. The Hall–Kier alpha value is -7.08. The molecule has 0 unspecified atom stereocenters. The lowest BCUT2D eigenvalue weighted by atomic mass is 9.54. The van der Waals surface area contributed by atoms with Crippen LogP contribution in [0.2, 0.25) is 0 Å². The van der Waals surface area contributed by atoms with Gasteiger partial charge in [-0.25, -0.2) is 15.0 Å². The van der Waals surface area contributed by atoms with Crippen molar-refractivity contribution in [3.8, 4) is 45.3 Å². The summed E-state index contributed by atoms with van der Waals surface area (Å²) in [5, 5.41) is 2.11. The molecule has 0 bridgehead atoms. The van der Waals surface area contributed by atoms with Gasteiger partial charge in [-0.1, -0.05) is 189 Å². The predicted molar refractivity (Wildman–Crippen MR) is 243 cm³/mol. The van der Waals surface area contributed by atoms with Crippen LogP contribution in [0.15, 0.2) is 202 Å². The van der Waals surface area contributed by atoms with Crippen molar-refractivity contribution in [2.24, 2.45) is 0 Å². The fourth-order valence-corrected chi connectivity index (χ4v) is 11.1. The van der Waals surface area contributed by atoms with E-state index < -0.39 is 5.41 Å². The number of furan rings is 1. The van der Waals surface area contributed by atoms with E-state index in [2.05, 4.69) is 141 Å². The summed E-state index contributed by atoms with van der Waals surface area (Å²) < 4.78 is 6.43. The van der Waals surface area contributed by atoms with E-state index in [4.69, 9.17) is 19.4 Å². The largest absolute Gasteiger partial charge is 0.455 e. The SMILES string of the molecule is CC1(C)c2ccccc2C2(c3ccccc3Sc3cc(-c4ccc(-c5nc(-c6ccccc6)nc(-c6cccc7c6oc6ccccc67)n5)cc4)ccc32)c2ccccc21. The van der Waals surface area contributed by atoms with Crippen LogP contribution in [0.4, 0.5) is 0 Å². The minimum absolute atomic E-state index is 0.137. The van der Waals surface area contributed by atoms with E-state index in [1.165, 1.54) is 43.2 Å². The molecule has 0 N–H and O–H groups in total. The van der Waals surface area contributed by atoms with Gasteiger partial charge in [0.1, 0.15) is 11.2 Å². The molecular weight excluding hydrogens is 751 g/mol. The van der Waals surface area contributed by atoms with Crippen molar-refractivity contribution >= 4 is 33.7 Å². The zero-order chi connectivity index (χ0) is 40.0. The summed E-state index contributed by atoms with van der Waals surface area (Å²) in [5.41, 5.74) is 14.1. The number of hydrogen-bond acceptors (Lipinski definition) is 5. The summed E-state index contributed by atoms with van der Waals surface area (Å²) in [6.45, 7) is 4.74. The second-order valence-corrected chi connectivity index (χ2v) is 17.4. The van der Waals surface area contributed by atoms with Gasteiger partial charge in [-0.15, -0.1) is 0 Å². The first-order valence-electron chi connectivity index (χ1n) is 20.4. The van der Waals surface area contributed by atoms with Crippen molar-refractivity contribution in [1.82, 2.24) is 15.0 Å². The highest BCUT2D eigenvalue weighted by Gasteiger charge is 2.52. The molecular formula is C55H37N3OS. The third-order valence-electron chi connectivity index (χ3n) is 12.7. The molecule has 1 spiro atoms. The zero-order valence-electron chi connectivity index (χ0n) is 33.1. The fraction of sp³-hybridized carbons (Fsp3) is 0.0727. The van der Waals surface area contributed by atoms with Gasteiger partial charge in [0.2, 0.25) is 0 Å². The van der Waals surface area contributed by atoms with Crippen LogP contribution in [-0.4, -0.2) is 15.0 Å². The number of rotatable bonds is 4.